The summed E-state index contributed by atoms with van der Waals surface area (Å²) in [7, 11) is 0. The molecule has 0 bridgehead atoms. The molecule has 0 spiro atoms. The second-order valence-corrected chi connectivity index (χ2v) is 4.83. The maximum Gasteiger partial charge on any atom is 0.115 e. The van der Waals surface area contributed by atoms with Crippen molar-refractivity contribution in [1.82, 2.24) is 0 Å². The molecule has 0 aromatic heterocycles. The van der Waals surface area contributed by atoms with Crippen molar-refractivity contribution in [2.75, 3.05) is 0 Å². The number of hydrogen-bond donors (Lipinski definition) is 1. The Bertz CT molecular complexity index is 261. The molecule has 0 aliphatic rings. The number of phenols is 1. The molecule has 1 nitrogen and oxygen atoms in total. The Morgan fingerprint density at radius 2 is 1.33 bits per heavy atom. The summed E-state index contributed by atoms with van der Waals surface area (Å²) in [6.07, 6.45) is 2.45. The van der Waals surface area contributed by atoms with Crippen LogP contribution in [0, 0.1) is 5.92 Å². The highest BCUT2D eigenvalue weighted by Gasteiger charge is 2.07. The van der Waals surface area contributed by atoms with Crippen LogP contribution < -0.4 is 0 Å². The fraction of sp³-hybridized carbons (Fsp3) is 0.647. The average Bonchev–Trinajstić information content (AvgIpc) is 2.32. The summed E-state index contributed by atoms with van der Waals surface area (Å²) in [5.74, 6) is 1.66. The van der Waals surface area contributed by atoms with E-state index in [1.165, 1.54) is 18.4 Å². The Morgan fingerprint density at radius 1 is 0.944 bits per heavy atom. The van der Waals surface area contributed by atoms with Gasteiger partial charge in [-0.15, -0.1) is 0 Å². The van der Waals surface area contributed by atoms with Crippen molar-refractivity contribution in [2.24, 2.45) is 5.92 Å². The van der Waals surface area contributed by atoms with Crippen LogP contribution in [0.3, 0.4) is 0 Å². The highest BCUT2D eigenvalue weighted by molar-refractivity contribution is 5.27. The molecule has 0 radical (unpaired) electrons. The fourth-order valence-corrected chi connectivity index (χ4v) is 1.65. The molecule has 1 rings (SSSR count). The van der Waals surface area contributed by atoms with Crippen molar-refractivity contribution in [1.29, 1.82) is 0 Å². The summed E-state index contributed by atoms with van der Waals surface area (Å²) in [5.41, 5.74) is 1.31. The van der Waals surface area contributed by atoms with Gasteiger partial charge < -0.3 is 5.11 Å². The van der Waals surface area contributed by atoms with E-state index in [2.05, 4.69) is 34.6 Å². The largest absolute Gasteiger partial charge is 0.508 e. The number of benzene rings is 1. The molecule has 1 atom stereocenters. The summed E-state index contributed by atoms with van der Waals surface area (Å²) >= 11 is 0. The Balaban J connectivity index is 0. The van der Waals surface area contributed by atoms with Gasteiger partial charge in [-0.1, -0.05) is 67.0 Å². The summed E-state index contributed by atoms with van der Waals surface area (Å²) in [6.45, 7) is 14.9. The van der Waals surface area contributed by atoms with Gasteiger partial charge in [0.15, 0.2) is 0 Å². The molecule has 1 aromatic carbocycles. The maximum atomic E-state index is 9.12. The van der Waals surface area contributed by atoms with Gasteiger partial charge in [-0.05, 0) is 36.0 Å². The van der Waals surface area contributed by atoms with E-state index in [0.29, 0.717) is 11.7 Å². The standard InChI is InChI=1S/C12H18O.C3H8.C2H6/c1-9(2)8-10(3)11-4-6-12(13)7-5-11;1-3-2;1-2/h4-7,9-10,13H,8H2,1-3H3;3H2,1-2H3;1-2H3. The lowest BCUT2D eigenvalue weighted by Gasteiger charge is -2.14. The van der Waals surface area contributed by atoms with Crippen LogP contribution in [0.4, 0.5) is 0 Å². The minimum atomic E-state index is 0.348. The van der Waals surface area contributed by atoms with E-state index in [1.807, 2.05) is 26.0 Å². The lowest BCUT2D eigenvalue weighted by Crippen LogP contribution is -1.98. The van der Waals surface area contributed by atoms with Gasteiger partial charge in [0.25, 0.3) is 0 Å². The van der Waals surface area contributed by atoms with Crippen molar-refractivity contribution in [3.8, 4) is 5.75 Å². The highest BCUT2D eigenvalue weighted by Crippen LogP contribution is 2.24. The SMILES string of the molecule is CC.CC(C)CC(C)c1ccc(O)cc1.CCC. The number of rotatable bonds is 3. The Labute approximate surface area is 114 Å². The zero-order valence-corrected chi connectivity index (χ0v) is 13.3. The molecule has 1 aromatic rings. The van der Waals surface area contributed by atoms with Crippen LogP contribution in [0.5, 0.6) is 5.75 Å². The van der Waals surface area contributed by atoms with Crippen LogP contribution in [0.1, 0.15) is 72.8 Å². The molecule has 0 saturated heterocycles. The van der Waals surface area contributed by atoms with Crippen molar-refractivity contribution in [3.05, 3.63) is 29.8 Å². The van der Waals surface area contributed by atoms with Crippen LogP contribution in [0.15, 0.2) is 24.3 Å². The minimum absolute atomic E-state index is 0.348. The molecule has 1 unspecified atom stereocenters. The lowest BCUT2D eigenvalue weighted by atomic mass is 9.92. The van der Waals surface area contributed by atoms with E-state index in [4.69, 9.17) is 5.11 Å². The fourth-order valence-electron chi connectivity index (χ4n) is 1.65. The third kappa shape index (κ3) is 10.2. The van der Waals surface area contributed by atoms with Crippen LogP contribution in [-0.2, 0) is 0 Å². The highest BCUT2D eigenvalue weighted by atomic mass is 16.3. The van der Waals surface area contributed by atoms with Gasteiger partial charge >= 0.3 is 0 Å². The van der Waals surface area contributed by atoms with E-state index in [9.17, 15) is 0 Å². The topological polar surface area (TPSA) is 20.2 Å². The number of phenolic OH excluding ortho intramolecular Hbond substituents is 1. The summed E-state index contributed by atoms with van der Waals surface area (Å²) in [4.78, 5) is 0. The molecular formula is C17H32O. The smallest absolute Gasteiger partial charge is 0.115 e. The van der Waals surface area contributed by atoms with E-state index < -0.39 is 0 Å². The zero-order valence-electron chi connectivity index (χ0n) is 13.3. The predicted molar refractivity (Wildman–Crippen MR) is 83.3 cm³/mol. The van der Waals surface area contributed by atoms with Gasteiger partial charge in [0.05, 0.1) is 0 Å². The first-order valence-electron chi connectivity index (χ1n) is 7.30. The molecule has 18 heavy (non-hydrogen) atoms. The molecule has 1 N–H and O–H groups in total. The first-order valence-corrected chi connectivity index (χ1v) is 7.30. The zero-order chi connectivity index (χ0) is 14.6. The third-order valence-corrected chi connectivity index (χ3v) is 2.29. The third-order valence-electron chi connectivity index (χ3n) is 2.29. The predicted octanol–water partition coefficient (Wildman–Crippen LogP) is 5.98. The Kier molecular flexibility index (Phi) is 13.4. The van der Waals surface area contributed by atoms with Crippen LogP contribution in [-0.4, -0.2) is 5.11 Å². The summed E-state index contributed by atoms with van der Waals surface area (Å²) in [5, 5.41) is 9.12. The molecule has 0 amide bonds. The lowest BCUT2D eigenvalue weighted by molar-refractivity contribution is 0.474. The van der Waals surface area contributed by atoms with Crippen LogP contribution in [0.2, 0.25) is 0 Å². The van der Waals surface area contributed by atoms with Gasteiger partial charge in [-0.2, -0.15) is 0 Å². The van der Waals surface area contributed by atoms with Crippen molar-refractivity contribution < 1.29 is 5.11 Å². The maximum absolute atomic E-state index is 9.12. The molecule has 0 heterocycles. The van der Waals surface area contributed by atoms with Crippen LogP contribution >= 0.6 is 0 Å². The molecule has 0 fully saturated rings. The minimum Gasteiger partial charge on any atom is -0.508 e. The van der Waals surface area contributed by atoms with E-state index in [-0.39, 0.29) is 0 Å². The first kappa shape index (κ1) is 19.4. The number of aromatic hydroxyl groups is 1. The first-order chi connectivity index (χ1) is 8.51. The quantitative estimate of drug-likeness (QED) is 0.701. The molecule has 0 saturated carbocycles. The van der Waals surface area contributed by atoms with Crippen molar-refractivity contribution >= 4 is 0 Å². The van der Waals surface area contributed by atoms with E-state index >= 15 is 0 Å². The van der Waals surface area contributed by atoms with Gasteiger partial charge in [0, 0.05) is 0 Å². The van der Waals surface area contributed by atoms with E-state index in [1.54, 1.807) is 12.1 Å². The van der Waals surface area contributed by atoms with Gasteiger partial charge in [0.1, 0.15) is 5.75 Å². The van der Waals surface area contributed by atoms with Gasteiger partial charge in [0.2, 0.25) is 0 Å². The Morgan fingerprint density at radius 3 is 1.67 bits per heavy atom. The second kappa shape index (κ2) is 12.5. The van der Waals surface area contributed by atoms with Crippen LogP contribution in [0.25, 0.3) is 0 Å². The second-order valence-electron chi connectivity index (χ2n) is 4.83. The summed E-state index contributed by atoms with van der Waals surface area (Å²) < 4.78 is 0. The normalized spacial score (nSPS) is 10.9. The monoisotopic (exact) mass is 252 g/mol. The average molecular weight is 252 g/mol. The molecule has 1 heteroatoms. The van der Waals surface area contributed by atoms with Gasteiger partial charge in [-0.25, -0.2) is 0 Å². The van der Waals surface area contributed by atoms with Crippen molar-refractivity contribution in [2.45, 2.75) is 67.2 Å². The number of hydrogen-bond acceptors (Lipinski definition) is 1. The van der Waals surface area contributed by atoms with Crippen molar-refractivity contribution in [3.63, 3.8) is 0 Å². The van der Waals surface area contributed by atoms with E-state index in [0.717, 1.165) is 5.92 Å². The molecule has 0 aliphatic carbocycles. The molecule has 0 aliphatic heterocycles. The van der Waals surface area contributed by atoms with Gasteiger partial charge in [-0.3, -0.25) is 0 Å². The summed E-state index contributed by atoms with van der Waals surface area (Å²) in [6, 6.07) is 7.52. The Hall–Kier alpha value is -0.980. The molecule has 106 valence electrons. The molecular weight excluding hydrogens is 220 g/mol.